The van der Waals surface area contributed by atoms with Crippen LogP contribution < -0.4 is 5.32 Å². The van der Waals surface area contributed by atoms with Crippen LogP contribution in [0.5, 0.6) is 0 Å². The monoisotopic (exact) mass is 191 g/mol. The number of benzene rings is 1. The lowest BCUT2D eigenvalue weighted by Gasteiger charge is -2.06. The highest BCUT2D eigenvalue weighted by Crippen LogP contribution is 1.98. The van der Waals surface area contributed by atoms with Gasteiger partial charge in [-0.3, -0.25) is 4.79 Å². The van der Waals surface area contributed by atoms with Gasteiger partial charge >= 0.3 is 0 Å². The molecule has 0 saturated carbocycles. The van der Waals surface area contributed by atoms with Crippen LogP contribution in [0.15, 0.2) is 30.3 Å². The van der Waals surface area contributed by atoms with Crippen LogP contribution in [-0.4, -0.2) is 18.7 Å². The summed E-state index contributed by atoms with van der Waals surface area (Å²) < 4.78 is 0. The lowest BCUT2D eigenvalue weighted by molar-refractivity contribution is -0.110. The number of hydrogen-bond acceptors (Lipinski definition) is 2. The van der Waals surface area contributed by atoms with E-state index in [4.69, 9.17) is 0 Å². The third-order valence-electron chi connectivity index (χ3n) is 1.85. The highest BCUT2D eigenvalue weighted by molar-refractivity contribution is 5.94. The summed E-state index contributed by atoms with van der Waals surface area (Å²) in [4.78, 5) is 21.7. The Bertz CT molecular complexity index is 308. The zero-order valence-electron chi connectivity index (χ0n) is 8.07. The Morgan fingerprint density at radius 1 is 1.43 bits per heavy atom. The van der Waals surface area contributed by atoms with Crippen molar-refractivity contribution in [3.8, 4) is 0 Å². The Hall–Kier alpha value is -1.64. The van der Waals surface area contributed by atoms with Crippen molar-refractivity contribution in [2.45, 2.75) is 6.92 Å². The van der Waals surface area contributed by atoms with Crippen LogP contribution in [0.3, 0.4) is 0 Å². The zero-order chi connectivity index (χ0) is 10.4. The Balaban J connectivity index is 2.47. The molecule has 0 radical (unpaired) electrons. The molecule has 0 bridgehead atoms. The fourth-order valence-electron chi connectivity index (χ4n) is 0.993. The van der Waals surface area contributed by atoms with Crippen molar-refractivity contribution in [3.63, 3.8) is 0 Å². The summed E-state index contributed by atoms with van der Waals surface area (Å²) in [5.74, 6) is -0.276. The number of aldehydes is 1. The topological polar surface area (TPSA) is 46.2 Å². The van der Waals surface area contributed by atoms with Gasteiger partial charge in [0.25, 0.3) is 5.91 Å². The summed E-state index contributed by atoms with van der Waals surface area (Å²) in [6.07, 6.45) is 0.825. The molecule has 1 aromatic rings. The first-order valence-corrected chi connectivity index (χ1v) is 4.52. The second kappa shape index (κ2) is 5.17. The molecule has 1 atom stereocenters. The number of carbonyl (C=O) groups excluding carboxylic acids is 2. The first-order chi connectivity index (χ1) is 6.74. The van der Waals surface area contributed by atoms with E-state index in [0.717, 1.165) is 6.29 Å². The number of amides is 1. The Morgan fingerprint density at radius 3 is 2.64 bits per heavy atom. The van der Waals surface area contributed by atoms with E-state index in [-0.39, 0.29) is 11.8 Å². The van der Waals surface area contributed by atoms with Gasteiger partial charge in [0.2, 0.25) is 0 Å². The Morgan fingerprint density at radius 2 is 2.07 bits per heavy atom. The van der Waals surface area contributed by atoms with Gasteiger partial charge < -0.3 is 10.1 Å². The summed E-state index contributed by atoms with van der Waals surface area (Å²) in [5, 5.41) is 2.68. The normalized spacial score (nSPS) is 11.8. The molecular weight excluding hydrogens is 178 g/mol. The van der Waals surface area contributed by atoms with E-state index in [9.17, 15) is 9.59 Å². The fourth-order valence-corrected chi connectivity index (χ4v) is 0.993. The van der Waals surface area contributed by atoms with Crippen LogP contribution in [0.1, 0.15) is 17.3 Å². The van der Waals surface area contributed by atoms with Gasteiger partial charge in [-0.1, -0.05) is 25.1 Å². The van der Waals surface area contributed by atoms with E-state index in [1.807, 2.05) is 6.07 Å². The van der Waals surface area contributed by atoms with E-state index < -0.39 is 0 Å². The number of carbonyl (C=O) groups is 2. The summed E-state index contributed by atoms with van der Waals surface area (Å²) >= 11 is 0. The molecule has 0 heterocycles. The van der Waals surface area contributed by atoms with Crippen molar-refractivity contribution < 1.29 is 9.59 Å². The molecule has 0 aliphatic rings. The first kappa shape index (κ1) is 10.4. The van der Waals surface area contributed by atoms with Gasteiger partial charge in [0, 0.05) is 18.0 Å². The van der Waals surface area contributed by atoms with Gasteiger partial charge in [-0.15, -0.1) is 0 Å². The van der Waals surface area contributed by atoms with E-state index in [1.54, 1.807) is 31.2 Å². The average molecular weight is 191 g/mol. The largest absolute Gasteiger partial charge is 0.351 e. The minimum absolute atomic E-state index is 0.136. The molecule has 0 spiro atoms. The van der Waals surface area contributed by atoms with Gasteiger partial charge in [0.1, 0.15) is 6.29 Å². The van der Waals surface area contributed by atoms with Crippen LogP contribution in [0.4, 0.5) is 0 Å². The van der Waals surface area contributed by atoms with Crippen molar-refractivity contribution >= 4 is 12.2 Å². The second-order valence-electron chi connectivity index (χ2n) is 3.19. The maximum Gasteiger partial charge on any atom is 0.251 e. The van der Waals surface area contributed by atoms with Crippen molar-refractivity contribution in [3.05, 3.63) is 35.9 Å². The van der Waals surface area contributed by atoms with E-state index >= 15 is 0 Å². The van der Waals surface area contributed by atoms with Gasteiger partial charge in [0.15, 0.2) is 0 Å². The molecular formula is C11H13NO2. The number of hydrogen-bond donors (Lipinski definition) is 1. The highest BCUT2D eigenvalue weighted by Gasteiger charge is 2.05. The van der Waals surface area contributed by atoms with Gasteiger partial charge in [-0.2, -0.15) is 0 Å². The molecule has 1 aromatic carbocycles. The first-order valence-electron chi connectivity index (χ1n) is 4.52. The minimum Gasteiger partial charge on any atom is -0.351 e. The van der Waals surface area contributed by atoms with E-state index in [1.165, 1.54) is 0 Å². The lowest BCUT2D eigenvalue weighted by atomic mass is 10.2. The summed E-state index contributed by atoms with van der Waals surface area (Å²) in [7, 11) is 0. The van der Waals surface area contributed by atoms with Crippen LogP contribution >= 0.6 is 0 Å². The maximum absolute atomic E-state index is 11.4. The molecule has 0 unspecified atom stereocenters. The molecule has 1 N–H and O–H groups in total. The molecule has 3 heteroatoms. The smallest absolute Gasteiger partial charge is 0.251 e. The molecule has 0 aromatic heterocycles. The Labute approximate surface area is 83.1 Å². The summed E-state index contributed by atoms with van der Waals surface area (Å²) in [5.41, 5.74) is 0.616. The maximum atomic E-state index is 11.4. The second-order valence-corrected chi connectivity index (χ2v) is 3.19. The standard InChI is InChI=1S/C11H13NO2/c1-9(8-13)7-12-11(14)10-5-3-2-4-6-10/h2-6,8-9H,7H2,1H3,(H,12,14)/t9-/m0/s1. The quantitative estimate of drug-likeness (QED) is 0.728. The van der Waals surface area contributed by atoms with Crippen molar-refractivity contribution in [1.29, 1.82) is 0 Å². The number of nitrogens with one attached hydrogen (secondary N) is 1. The molecule has 0 saturated heterocycles. The van der Waals surface area contributed by atoms with Gasteiger partial charge in [-0.25, -0.2) is 0 Å². The molecule has 3 nitrogen and oxygen atoms in total. The third kappa shape index (κ3) is 3.01. The molecule has 0 aliphatic heterocycles. The molecule has 1 amide bonds. The molecule has 14 heavy (non-hydrogen) atoms. The molecule has 74 valence electrons. The molecule has 0 aliphatic carbocycles. The molecule has 1 rings (SSSR count). The SMILES string of the molecule is C[C@H](C=O)CNC(=O)c1ccccc1. The predicted molar refractivity (Wildman–Crippen MR) is 54.0 cm³/mol. The highest BCUT2D eigenvalue weighted by atomic mass is 16.1. The zero-order valence-corrected chi connectivity index (χ0v) is 8.07. The number of rotatable bonds is 4. The van der Waals surface area contributed by atoms with E-state index in [2.05, 4.69) is 5.32 Å². The average Bonchev–Trinajstić information content (AvgIpc) is 2.26. The van der Waals surface area contributed by atoms with Crippen LogP contribution in [0, 0.1) is 5.92 Å². The van der Waals surface area contributed by atoms with E-state index in [0.29, 0.717) is 12.1 Å². The Kier molecular flexibility index (Phi) is 3.85. The minimum atomic E-state index is -0.140. The van der Waals surface area contributed by atoms with Gasteiger partial charge in [-0.05, 0) is 12.1 Å². The summed E-state index contributed by atoms with van der Waals surface area (Å²) in [6, 6.07) is 8.93. The molecule has 0 fully saturated rings. The fraction of sp³-hybridized carbons (Fsp3) is 0.273. The van der Waals surface area contributed by atoms with Crippen molar-refractivity contribution in [1.82, 2.24) is 5.32 Å². The lowest BCUT2D eigenvalue weighted by Crippen LogP contribution is -2.28. The van der Waals surface area contributed by atoms with Crippen molar-refractivity contribution in [2.24, 2.45) is 5.92 Å². The van der Waals surface area contributed by atoms with Crippen LogP contribution in [0.25, 0.3) is 0 Å². The van der Waals surface area contributed by atoms with Crippen LogP contribution in [-0.2, 0) is 4.79 Å². The van der Waals surface area contributed by atoms with Crippen molar-refractivity contribution in [2.75, 3.05) is 6.54 Å². The summed E-state index contributed by atoms with van der Waals surface area (Å²) in [6.45, 7) is 2.15. The third-order valence-corrected chi connectivity index (χ3v) is 1.85. The van der Waals surface area contributed by atoms with Gasteiger partial charge in [0.05, 0.1) is 0 Å². The van der Waals surface area contributed by atoms with Crippen LogP contribution in [0.2, 0.25) is 0 Å². The predicted octanol–water partition coefficient (Wildman–Crippen LogP) is 1.25.